The van der Waals surface area contributed by atoms with E-state index in [0.717, 1.165) is 0 Å². The topological polar surface area (TPSA) is 127 Å². The molecule has 9 heteroatoms. The highest BCUT2D eigenvalue weighted by molar-refractivity contribution is 7.91. The van der Waals surface area contributed by atoms with Gasteiger partial charge in [0.25, 0.3) is 0 Å². The average Bonchev–Trinajstić information content (AvgIpc) is 2.85. The highest BCUT2D eigenvalue weighted by Crippen LogP contribution is 2.37. The zero-order valence-corrected chi connectivity index (χ0v) is 18.8. The maximum absolute atomic E-state index is 13.7. The smallest absolute Gasteiger partial charge is 0.335 e. The third-order valence-corrected chi connectivity index (χ3v) is 6.73. The molecule has 0 bridgehead atoms. The maximum atomic E-state index is 13.7. The lowest BCUT2D eigenvalue weighted by Crippen LogP contribution is -2.06. The van der Waals surface area contributed by atoms with E-state index >= 15 is 0 Å². The number of hydrogen-bond donors (Lipinski definition) is 2. The van der Waals surface area contributed by atoms with Crippen LogP contribution in [0.15, 0.2) is 107 Å². The molecule has 35 heavy (non-hydrogen) atoms. The van der Waals surface area contributed by atoms with Gasteiger partial charge in [-0.3, -0.25) is 0 Å². The molecule has 0 saturated carbocycles. The number of benzene rings is 4. The lowest BCUT2D eigenvalue weighted by Gasteiger charge is -2.15. The summed E-state index contributed by atoms with van der Waals surface area (Å²) in [5.74, 6) is -1.98. The van der Waals surface area contributed by atoms with E-state index in [0.29, 0.717) is 0 Å². The van der Waals surface area contributed by atoms with Crippen LogP contribution in [0.2, 0.25) is 0 Å². The Labute approximate surface area is 200 Å². The largest absolute Gasteiger partial charge is 0.478 e. The number of hydrogen-bond acceptors (Lipinski definition) is 6. The van der Waals surface area contributed by atoms with E-state index in [2.05, 4.69) is 0 Å². The Kier molecular flexibility index (Phi) is 6.52. The molecular formula is C26H18O8S. The fourth-order valence-corrected chi connectivity index (χ4v) is 4.77. The molecule has 2 N–H and O–H groups in total. The van der Waals surface area contributed by atoms with E-state index in [4.69, 9.17) is 9.47 Å². The van der Waals surface area contributed by atoms with Gasteiger partial charge in [0.1, 0.15) is 32.8 Å². The average molecular weight is 490 g/mol. The fourth-order valence-electron chi connectivity index (χ4n) is 3.27. The number of aromatic carboxylic acids is 2. The molecule has 0 aliphatic rings. The number of ether oxygens (including phenoxy) is 2. The minimum Gasteiger partial charge on any atom is -0.478 e. The monoisotopic (exact) mass is 490 g/mol. The summed E-state index contributed by atoms with van der Waals surface area (Å²) in [7, 11) is -4.18. The Bertz CT molecular complexity index is 1420. The van der Waals surface area contributed by atoms with Gasteiger partial charge in [0.15, 0.2) is 0 Å². The first-order valence-corrected chi connectivity index (χ1v) is 11.7. The van der Waals surface area contributed by atoms with Crippen LogP contribution in [0.4, 0.5) is 0 Å². The predicted molar refractivity (Wildman–Crippen MR) is 125 cm³/mol. The van der Waals surface area contributed by atoms with Crippen molar-refractivity contribution in [1.29, 1.82) is 0 Å². The van der Waals surface area contributed by atoms with Crippen LogP contribution in [-0.4, -0.2) is 30.6 Å². The van der Waals surface area contributed by atoms with Crippen LogP contribution in [0.5, 0.6) is 23.0 Å². The molecule has 0 heterocycles. The zero-order chi connectivity index (χ0) is 25.0. The zero-order valence-electron chi connectivity index (χ0n) is 18.0. The van der Waals surface area contributed by atoms with Crippen LogP contribution in [0.3, 0.4) is 0 Å². The first-order chi connectivity index (χ1) is 16.8. The summed E-state index contributed by atoms with van der Waals surface area (Å²) in [5, 5.41) is 18.4. The molecular weight excluding hydrogens is 472 g/mol. The maximum Gasteiger partial charge on any atom is 0.335 e. The third kappa shape index (κ3) is 5.15. The van der Waals surface area contributed by atoms with Gasteiger partial charge in [0.2, 0.25) is 9.84 Å². The number of rotatable bonds is 8. The SMILES string of the molecule is O=C(O)c1cccc(Oc2ccccc2S(=O)(=O)c2ccccc2Oc2cccc(C(=O)O)c2)c1. The number of carbonyl (C=O) groups is 2. The van der Waals surface area contributed by atoms with Crippen molar-refractivity contribution >= 4 is 21.8 Å². The molecule has 0 unspecified atom stereocenters. The summed E-state index contributed by atoms with van der Waals surface area (Å²) in [6.07, 6.45) is 0. The molecule has 4 rings (SSSR count). The predicted octanol–water partition coefficient (Wildman–Crippen LogP) is 5.50. The van der Waals surface area contributed by atoms with Crippen molar-refractivity contribution in [2.24, 2.45) is 0 Å². The Morgan fingerprint density at radius 1 is 0.571 bits per heavy atom. The van der Waals surface area contributed by atoms with Crippen molar-refractivity contribution < 1.29 is 37.7 Å². The Morgan fingerprint density at radius 2 is 0.971 bits per heavy atom. The van der Waals surface area contributed by atoms with Gasteiger partial charge in [-0.25, -0.2) is 18.0 Å². The van der Waals surface area contributed by atoms with Crippen molar-refractivity contribution in [2.75, 3.05) is 0 Å². The van der Waals surface area contributed by atoms with Crippen molar-refractivity contribution in [3.05, 3.63) is 108 Å². The molecule has 0 aliphatic heterocycles. The molecule has 176 valence electrons. The molecule has 0 fully saturated rings. The van der Waals surface area contributed by atoms with Gasteiger partial charge < -0.3 is 19.7 Å². The van der Waals surface area contributed by atoms with Crippen LogP contribution in [0.1, 0.15) is 20.7 Å². The Morgan fingerprint density at radius 3 is 1.37 bits per heavy atom. The van der Waals surface area contributed by atoms with E-state index in [1.165, 1.54) is 84.9 Å². The second kappa shape index (κ2) is 9.70. The third-order valence-electron chi connectivity index (χ3n) is 4.89. The molecule has 0 radical (unpaired) electrons. The summed E-state index contributed by atoms with van der Waals surface area (Å²) in [5.41, 5.74) is -0.0182. The van der Waals surface area contributed by atoms with Gasteiger partial charge in [-0.2, -0.15) is 0 Å². The van der Waals surface area contributed by atoms with Crippen molar-refractivity contribution in [3.8, 4) is 23.0 Å². The molecule has 0 saturated heterocycles. The summed E-state index contributed by atoms with van der Waals surface area (Å²) >= 11 is 0. The van der Waals surface area contributed by atoms with Gasteiger partial charge in [-0.15, -0.1) is 0 Å². The summed E-state index contributed by atoms with van der Waals surface area (Å²) in [6.45, 7) is 0. The Hall–Kier alpha value is -4.63. The standard InChI is InChI=1S/C26H18O8S/c27-25(28)17-7-5-9-19(15-17)33-21-11-1-3-13-23(21)35(31,32)24-14-4-2-12-22(24)34-20-10-6-8-18(16-20)26(29)30/h1-16H,(H,27,28)(H,29,30). The second-order valence-corrected chi connectivity index (χ2v) is 9.15. The fraction of sp³-hybridized carbons (Fsp3) is 0. The Balaban J connectivity index is 1.73. The van der Waals surface area contributed by atoms with Gasteiger partial charge >= 0.3 is 11.9 Å². The molecule has 0 amide bonds. The van der Waals surface area contributed by atoms with Crippen LogP contribution >= 0.6 is 0 Å². The van der Waals surface area contributed by atoms with E-state index < -0.39 is 21.8 Å². The van der Waals surface area contributed by atoms with Crippen LogP contribution in [-0.2, 0) is 9.84 Å². The molecule has 0 aromatic heterocycles. The van der Waals surface area contributed by atoms with Crippen molar-refractivity contribution in [2.45, 2.75) is 9.79 Å². The molecule has 4 aromatic carbocycles. The lowest BCUT2D eigenvalue weighted by atomic mass is 10.2. The van der Waals surface area contributed by atoms with E-state index in [9.17, 15) is 28.2 Å². The number of sulfone groups is 1. The van der Waals surface area contributed by atoms with E-state index in [-0.39, 0.29) is 43.9 Å². The minimum atomic E-state index is -4.18. The summed E-state index contributed by atoms with van der Waals surface area (Å²) < 4.78 is 38.8. The summed E-state index contributed by atoms with van der Waals surface area (Å²) in [4.78, 5) is 22.2. The highest BCUT2D eigenvalue weighted by atomic mass is 32.2. The van der Waals surface area contributed by atoms with Gasteiger partial charge in [0.05, 0.1) is 11.1 Å². The van der Waals surface area contributed by atoms with Crippen LogP contribution < -0.4 is 9.47 Å². The first kappa shape index (κ1) is 23.5. The van der Waals surface area contributed by atoms with Gasteiger partial charge in [0, 0.05) is 0 Å². The second-order valence-electron chi connectivity index (χ2n) is 7.27. The normalized spacial score (nSPS) is 11.0. The lowest BCUT2D eigenvalue weighted by molar-refractivity contribution is 0.0686. The quantitative estimate of drug-likeness (QED) is 0.331. The van der Waals surface area contributed by atoms with E-state index in [1.54, 1.807) is 12.1 Å². The van der Waals surface area contributed by atoms with Gasteiger partial charge in [-0.1, -0.05) is 36.4 Å². The highest BCUT2D eigenvalue weighted by Gasteiger charge is 2.26. The summed E-state index contributed by atoms with van der Waals surface area (Å²) in [6, 6.07) is 23.3. The molecule has 0 atom stereocenters. The van der Waals surface area contributed by atoms with Crippen molar-refractivity contribution in [1.82, 2.24) is 0 Å². The number of carboxylic acid groups (broad SMARTS) is 2. The minimum absolute atomic E-state index is 0.00211. The molecule has 8 nitrogen and oxygen atoms in total. The first-order valence-electron chi connectivity index (χ1n) is 10.2. The molecule has 0 spiro atoms. The van der Waals surface area contributed by atoms with Crippen LogP contribution in [0.25, 0.3) is 0 Å². The molecule has 0 aliphatic carbocycles. The number of para-hydroxylation sites is 2. The van der Waals surface area contributed by atoms with E-state index in [1.807, 2.05) is 0 Å². The molecule has 4 aromatic rings. The van der Waals surface area contributed by atoms with Crippen molar-refractivity contribution in [3.63, 3.8) is 0 Å². The van der Waals surface area contributed by atoms with Crippen LogP contribution in [0, 0.1) is 0 Å². The van der Waals surface area contributed by atoms with Gasteiger partial charge in [-0.05, 0) is 60.7 Å². The number of carboxylic acids is 2.